The number of benzene rings is 3. The molecule has 0 amide bonds. The molecule has 2 atom stereocenters. The van der Waals surface area contributed by atoms with E-state index in [0.29, 0.717) is 23.3 Å². The minimum absolute atomic E-state index is 0.309. The summed E-state index contributed by atoms with van der Waals surface area (Å²) in [7, 11) is 0. The van der Waals surface area contributed by atoms with Gasteiger partial charge in [-0.1, -0.05) is 61.5 Å². The Morgan fingerprint density at radius 2 is 1.22 bits per heavy atom. The Bertz CT molecular complexity index is 807. The molecule has 2 N–H and O–H groups in total. The van der Waals surface area contributed by atoms with E-state index in [-0.39, 0.29) is 0 Å². The molecule has 3 aromatic carbocycles. The lowest BCUT2D eigenvalue weighted by molar-refractivity contribution is 0.471. The molecule has 27 heavy (non-hydrogen) atoms. The van der Waals surface area contributed by atoms with Crippen molar-refractivity contribution in [1.29, 1.82) is 0 Å². The molecule has 0 heterocycles. The zero-order chi connectivity index (χ0) is 19.1. The van der Waals surface area contributed by atoms with Crippen LogP contribution in [0.2, 0.25) is 0 Å². The molecule has 3 rings (SSSR count). The highest BCUT2D eigenvalue weighted by Gasteiger charge is 2.19. The quantitative estimate of drug-likeness (QED) is 0.488. The van der Waals surface area contributed by atoms with Crippen LogP contribution in [0, 0.1) is 0 Å². The number of hydrogen-bond donors (Lipinski definition) is 2. The third kappa shape index (κ3) is 5.37. The van der Waals surface area contributed by atoms with E-state index in [2.05, 4.69) is 49.4 Å². The smallest absolute Gasteiger partial charge is 0.115 e. The van der Waals surface area contributed by atoms with Gasteiger partial charge in [0.15, 0.2) is 0 Å². The number of aryl methyl sites for hydroxylation is 1. The van der Waals surface area contributed by atoms with Crippen LogP contribution in [0.1, 0.15) is 54.7 Å². The van der Waals surface area contributed by atoms with E-state index in [1.807, 2.05) is 12.1 Å². The molecule has 0 fully saturated rings. The van der Waals surface area contributed by atoms with Gasteiger partial charge in [-0.3, -0.25) is 0 Å². The maximum atomic E-state index is 9.65. The van der Waals surface area contributed by atoms with Crippen molar-refractivity contribution in [1.82, 2.24) is 0 Å². The minimum atomic E-state index is 0.309. The van der Waals surface area contributed by atoms with Gasteiger partial charge in [-0.15, -0.1) is 0 Å². The summed E-state index contributed by atoms with van der Waals surface area (Å²) in [5.41, 5.74) is 3.92. The molecule has 0 aliphatic rings. The van der Waals surface area contributed by atoms with E-state index in [4.69, 9.17) is 0 Å². The molecule has 0 aliphatic heterocycles. The van der Waals surface area contributed by atoms with Gasteiger partial charge in [0.05, 0.1) is 0 Å². The fraction of sp³-hybridized carbons (Fsp3) is 0.280. The SMILES string of the molecule is CCC(CC(CCc1ccc(O)cc1)c1ccc(O)cc1)c1ccccc1. The van der Waals surface area contributed by atoms with Crippen LogP contribution in [0.3, 0.4) is 0 Å². The minimum Gasteiger partial charge on any atom is -0.508 e. The Morgan fingerprint density at radius 1 is 0.667 bits per heavy atom. The van der Waals surface area contributed by atoms with Crippen molar-refractivity contribution < 1.29 is 10.2 Å². The van der Waals surface area contributed by atoms with E-state index in [9.17, 15) is 10.2 Å². The molecule has 140 valence electrons. The standard InChI is InChI=1S/C25H28O2/c1-2-20(21-6-4-3-5-7-21)18-23(22-12-16-25(27)17-13-22)11-8-19-9-14-24(26)15-10-19/h3-7,9-10,12-17,20,23,26-27H,2,8,11,18H2,1H3. The first-order chi connectivity index (χ1) is 13.2. The van der Waals surface area contributed by atoms with Crippen molar-refractivity contribution in [3.05, 3.63) is 95.6 Å². The van der Waals surface area contributed by atoms with Gasteiger partial charge < -0.3 is 10.2 Å². The highest BCUT2D eigenvalue weighted by molar-refractivity contribution is 5.30. The predicted molar refractivity (Wildman–Crippen MR) is 111 cm³/mol. The van der Waals surface area contributed by atoms with Gasteiger partial charge in [0.25, 0.3) is 0 Å². The fourth-order valence-electron chi connectivity index (χ4n) is 3.78. The lowest BCUT2D eigenvalue weighted by Crippen LogP contribution is -2.08. The second-order valence-corrected chi connectivity index (χ2v) is 7.25. The largest absolute Gasteiger partial charge is 0.508 e. The van der Waals surface area contributed by atoms with Gasteiger partial charge in [-0.25, -0.2) is 0 Å². The van der Waals surface area contributed by atoms with Crippen LogP contribution < -0.4 is 0 Å². The van der Waals surface area contributed by atoms with Crippen molar-refractivity contribution in [3.63, 3.8) is 0 Å². The normalized spacial score (nSPS) is 13.2. The van der Waals surface area contributed by atoms with Crippen LogP contribution in [0.25, 0.3) is 0 Å². The van der Waals surface area contributed by atoms with E-state index in [1.54, 1.807) is 24.3 Å². The van der Waals surface area contributed by atoms with Crippen LogP contribution in [-0.4, -0.2) is 10.2 Å². The van der Waals surface area contributed by atoms with Gasteiger partial charge >= 0.3 is 0 Å². The summed E-state index contributed by atoms with van der Waals surface area (Å²) < 4.78 is 0. The molecule has 0 aliphatic carbocycles. The Morgan fingerprint density at radius 3 is 1.81 bits per heavy atom. The summed E-state index contributed by atoms with van der Waals surface area (Å²) in [5.74, 6) is 1.56. The van der Waals surface area contributed by atoms with Crippen molar-refractivity contribution in [2.24, 2.45) is 0 Å². The third-order valence-electron chi connectivity index (χ3n) is 5.42. The van der Waals surface area contributed by atoms with E-state index < -0.39 is 0 Å². The van der Waals surface area contributed by atoms with Gasteiger partial charge in [0.1, 0.15) is 11.5 Å². The van der Waals surface area contributed by atoms with Gasteiger partial charge in [-0.05, 0) is 78.5 Å². The Balaban J connectivity index is 1.78. The van der Waals surface area contributed by atoms with E-state index in [1.165, 1.54) is 16.7 Å². The zero-order valence-electron chi connectivity index (χ0n) is 15.9. The van der Waals surface area contributed by atoms with Crippen LogP contribution in [-0.2, 0) is 6.42 Å². The average molecular weight is 360 g/mol. The monoisotopic (exact) mass is 360 g/mol. The number of phenols is 2. The molecule has 0 aromatic heterocycles. The van der Waals surface area contributed by atoms with Crippen LogP contribution >= 0.6 is 0 Å². The van der Waals surface area contributed by atoms with Crippen molar-refractivity contribution in [2.45, 2.75) is 44.4 Å². The lowest BCUT2D eigenvalue weighted by Gasteiger charge is -2.24. The molecule has 3 aromatic rings. The first-order valence-electron chi connectivity index (χ1n) is 9.77. The Labute approximate surface area is 162 Å². The highest BCUT2D eigenvalue weighted by Crippen LogP contribution is 2.35. The maximum absolute atomic E-state index is 9.65. The Hall–Kier alpha value is -2.74. The van der Waals surface area contributed by atoms with Gasteiger partial charge in [-0.2, -0.15) is 0 Å². The molecule has 0 bridgehead atoms. The summed E-state index contributed by atoms with van der Waals surface area (Å²) in [5, 5.41) is 19.1. The summed E-state index contributed by atoms with van der Waals surface area (Å²) in [4.78, 5) is 0. The third-order valence-corrected chi connectivity index (χ3v) is 5.42. The Kier molecular flexibility index (Phi) is 6.54. The second-order valence-electron chi connectivity index (χ2n) is 7.25. The summed E-state index contributed by atoms with van der Waals surface area (Å²) in [6.07, 6.45) is 4.21. The first kappa shape index (κ1) is 19.0. The highest BCUT2D eigenvalue weighted by atomic mass is 16.3. The van der Waals surface area contributed by atoms with Crippen molar-refractivity contribution in [2.75, 3.05) is 0 Å². The van der Waals surface area contributed by atoms with Gasteiger partial charge in [0, 0.05) is 0 Å². The molecule has 0 spiro atoms. The van der Waals surface area contributed by atoms with Crippen LogP contribution in [0.5, 0.6) is 11.5 Å². The van der Waals surface area contributed by atoms with Crippen LogP contribution in [0.15, 0.2) is 78.9 Å². The number of phenolic OH excluding ortho intramolecular Hbond substituents is 2. The van der Waals surface area contributed by atoms with E-state index >= 15 is 0 Å². The van der Waals surface area contributed by atoms with Gasteiger partial charge in [0.2, 0.25) is 0 Å². The van der Waals surface area contributed by atoms with Crippen molar-refractivity contribution >= 4 is 0 Å². The molecule has 0 saturated carbocycles. The lowest BCUT2D eigenvalue weighted by atomic mass is 9.81. The van der Waals surface area contributed by atoms with Crippen LogP contribution in [0.4, 0.5) is 0 Å². The summed E-state index contributed by atoms with van der Waals surface area (Å²) >= 11 is 0. The molecule has 2 nitrogen and oxygen atoms in total. The molecule has 0 saturated heterocycles. The maximum Gasteiger partial charge on any atom is 0.115 e. The second kappa shape index (κ2) is 9.27. The molecular formula is C25H28O2. The number of rotatable bonds is 8. The predicted octanol–water partition coefficient (Wildman–Crippen LogP) is 6.40. The fourth-order valence-corrected chi connectivity index (χ4v) is 3.78. The summed E-state index contributed by atoms with van der Waals surface area (Å²) in [6, 6.07) is 25.9. The number of aromatic hydroxyl groups is 2. The van der Waals surface area contributed by atoms with E-state index in [0.717, 1.165) is 25.7 Å². The molecular weight excluding hydrogens is 332 g/mol. The molecule has 2 heteroatoms. The molecule has 0 radical (unpaired) electrons. The number of hydrogen-bond acceptors (Lipinski definition) is 2. The first-order valence-corrected chi connectivity index (χ1v) is 9.77. The van der Waals surface area contributed by atoms with Crippen molar-refractivity contribution in [3.8, 4) is 11.5 Å². The zero-order valence-corrected chi connectivity index (χ0v) is 15.9. The molecule has 2 unspecified atom stereocenters. The summed E-state index contributed by atoms with van der Waals surface area (Å²) in [6.45, 7) is 2.26. The average Bonchev–Trinajstić information content (AvgIpc) is 2.71. The topological polar surface area (TPSA) is 40.5 Å².